The quantitative estimate of drug-likeness (QED) is 0.294. The predicted octanol–water partition coefficient (Wildman–Crippen LogP) is 4.58. The first kappa shape index (κ1) is 21.4. The highest BCUT2D eigenvalue weighted by Crippen LogP contribution is 2.40. The van der Waals surface area contributed by atoms with E-state index in [1.165, 1.54) is 18.6 Å². The Morgan fingerprint density at radius 2 is 1.94 bits per heavy atom. The van der Waals surface area contributed by atoms with E-state index < -0.39 is 12.2 Å². The van der Waals surface area contributed by atoms with Crippen LogP contribution in [0.1, 0.15) is 5.56 Å². The summed E-state index contributed by atoms with van der Waals surface area (Å²) in [6.45, 7) is 0. The summed E-state index contributed by atoms with van der Waals surface area (Å²) >= 11 is 12.6. The molecule has 0 aliphatic carbocycles. The Morgan fingerprint density at radius 3 is 2.58 bits per heavy atom. The molecule has 31 heavy (non-hydrogen) atoms. The molecule has 1 atom stereocenters. The van der Waals surface area contributed by atoms with Gasteiger partial charge in [0, 0.05) is 42.0 Å². The SMILES string of the molecule is COC(O)(c1cc(Cl)c(Nc2nc3ccncc3c3c(=O)[nH]ccc23)c(Cl)c1)C(F)F. The number of alkyl halides is 2. The highest BCUT2D eigenvalue weighted by molar-refractivity contribution is 6.39. The van der Waals surface area contributed by atoms with Gasteiger partial charge in [-0.1, -0.05) is 23.2 Å². The minimum Gasteiger partial charge on any atom is -0.357 e. The molecule has 1 aromatic carbocycles. The lowest BCUT2D eigenvalue weighted by Crippen LogP contribution is -2.36. The molecule has 0 bridgehead atoms. The third kappa shape index (κ3) is 3.59. The zero-order chi connectivity index (χ0) is 22.3. The molecule has 0 aliphatic rings. The van der Waals surface area contributed by atoms with E-state index in [9.17, 15) is 18.7 Å². The Kier molecular flexibility index (Phi) is 5.52. The molecule has 1 unspecified atom stereocenters. The molecule has 0 spiro atoms. The summed E-state index contributed by atoms with van der Waals surface area (Å²) in [6.07, 6.45) is 1.30. The Morgan fingerprint density at radius 1 is 1.23 bits per heavy atom. The van der Waals surface area contributed by atoms with Crippen molar-refractivity contribution in [2.75, 3.05) is 12.4 Å². The topological polar surface area (TPSA) is 100 Å². The minimum atomic E-state index is -3.24. The van der Waals surface area contributed by atoms with Gasteiger partial charge in [-0.2, -0.15) is 0 Å². The third-order valence-corrected chi connectivity index (χ3v) is 5.42. The molecule has 7 nitrogen and oxygen atoms in total. The summed E-state index contributed by atoms with van der Waals surface area (Å²) in [6, 6.07) is 5.52. The van der Waals surface area contributed by atoms with Gasteiger partial charge in [-0.15, -0.1) is 0 Å². The van der Waals surface area contributed by atoms with E-state index in [1.807, 2.05) is 0 Å². The molecule has 0 radical (unpaired) electrons. The van der Waals surface area contributed by atoms with Gasteiger partial charge in [0.1, 0.15) is 5.82 Å². The molecule has 3 N–H and O–H groups in total. The minimum absolute atomic E-state index is 0.0618. The van der Waals surface area contributed by atoms with Crippen molar-refractivity contribution >= 4 is 56.4 Å². The van der Waals surface area contributed by atoms with Crippen molar-refractivity contribution in [3.63, 3.8) is 0 Å². The Labute approximate surface area is 183 Å². The molecule has 0 saturated heterocycles. The average molecular weight is 467 g/mol. The fourth-order valence-electron chi connectivity index (χ4n) is 3.25. The number of pyridine rings is 3. The summed E-state index contributed by atoms with van der Waals surface area (Å²) in [4.78, 5) is 23.7. The molecule has 0 aliphatic heterocycles. The second-order valence-electron chi connectivity index (χ2n) is 6.59. The Hall–Kier alpha value is -2.85. The number of hydrogen-bond donors (Lipinski definition) is 3. The molecule has 11 heteroatoms. The third-order valence-electron chi connectivity index (χ3n) is 4.82. The second-order valence-corrected chi connectivity index (χ2v) is 7.40. The summed E-state index contributed by atoms with van der Waals surface area (Å²) in [5.74, 6) is -2.60. The number of fused-ring (bicyclic) bond motifs is 3. The molecule has 3 aromatic heterocycles. The number of nitrogens with zero attached hydrogens (tertiary/aromatic N) is 2. The van der Waals surface area contributed by atoms with E-state index >= 15 is 0 Å². The molecule has 160 valence electrons. The van der Waals surface area contributed by atoms with Crippen molar-refractivity contribution < 1.29 is 18.6 Å². The van der Waals surface area contributed by atoms with E-state index in [4.69, 9.17) is 23.2 Å². The highest BCUT2D eigenvalue weighted by Gasteiger charge is 2.41. The van der Waals surface area contributed by atoms with Gasteiger partial charge in [-0.3, -0.25) is 9.78 Å². The Bertz CT molecular complexity index is 1340. The second kappa shape index (κ2) is 8.01. The number of hydrogen-bond acceptors (Lipinski definition) is 6. The predicted molar refractivity (Wildman–Crippen MR) is 114 cm³/mol. The van der Waals surface area contributed by atoms with E-state index in [0.29, 0.717) is 21.7 Å². The van der Waals surface area contributed by atoms with Crippen LogP contribution >= 0.6 is 23.2 Å². The van der Waals surface area contributed by atoms with Crippen molar-refractivity contribution in [2.24, 2.45) is 0 Å². The van der Waals surface area contributed by atoms with Crippen LogP contribution in [0.2, 0.25) is 10.0 Å². The summed E-state index contributed by atoms with van der Waals surface area (Å²) < 4.78 is 31.2. The van der Waals surface area contributed by atoms with E-state index in [-0.39, 0.29) is 32.7 Å². The molecule has 0 fully saturated rings. The van der Waals surface area contributed by atoms with Gasteiger partial charge in [0.2, 0.25) is 0 Å². The van der Waals surface area contributed by atoms with Crippen LogP contribution in [0.25, 0.3) is 21.7 Å². The zero-order valence-electron chi connectivity index (χ0n) is 15.8. The van der Waals surface area contributed by atoms with Crippen molar-refractivity contribution in [3.05, 3.63) is 68.8 Å². The van der Waals surface area contributed by atoms with Gasteiger partial charge in [0.05, 0.1) is 26.6 Å². The molecule has 3 heterocycles. The zero-order valence-corrected chi connectivity index (χ0v) is 17.3. The lowest BCUT2D eigenvalue weighted by molar-refractivity contribution is -0.265. The monoisotopic (exact) mass is 466 g/mol. The van der Waals surface area contributed by atoms with E-state index in [2.05, 4.69) is 25.0 Å². The largest absolute Gasteiger partial charge is 0.357 e. The fraction of sp³-hybridized carbons (Fsp3) is 0.150. The van der Waals surface area contributed by atoms with Crippen LogP contribution in [0.15, 0.2) is 47.7 Å². The first-order valence-electron chi connectivity index (χ1n) is 8.83. The van der Waals surface area contributed by atoms with E-state index in [1.54, 1.807) is 12.1 Å². The van der Waals surface area contributed by atoms with Crippen molar-refractivity contribution in [3.8, 4) is 0 Å². The summed E-state index contributed by atoms with van der Waals surface area (Å²) in [5.41, 5.74) is -0.000652. The van der Waals surface area contributed by atoms with Crippen LogP contribution in [0.5, 0.6) is 0 Å². The van der Waals surface area contributed by atoms with Gasteiger partial charge in [-0.25, -0.2) is 13.8 Å². The maximum absolute atomic E-state index is 13.3. The summed E-state index contributed by atoms with van der Waals surface area (Å²) in [7, 11) is 0.942. The maximum atomic E-state index is 13.3. The molecule has 4 rings (SSSR count). The number of aromatic amines is 1. The Balaban J connectivity index is 1.88. The molecular formula is C20H14Cl2F2N4O3. The van der Waals surface area contributed by atoms with Gasteiger partial charge < -0.3 is 20.1 Å². The highest BCUT2D eigenvalue weighted by atomic mass is 35.5. The number of H-pyrrole nitrogens is 1. The number of aliphatic hydroxyl groups is 1. The molecule has 0 saturated carbocycles. The lowest BCUT2D eigenvalue weighted by Gasteiger charge is -2.26. The van der Waals surface area contributed by atoms with Crippen LogP contribution < -0.4 is 10.9 Å². The van der Waals surface area contributed by atoms with E-state index in [0.717, 1.165) is 19.2 Å². The average Bonchev–Trinajstić information content (AvgIpc) is 2.75. The normalized spacial score (nSPS) is 13.6. The van der Waals surface area contributed by atoms with Crippen molar-refractivity contribution in [2.45, 2.75) is 12.2 Å². The number of aromatic nitrogens is 3. The maximum Gasteiger partial charge on any atom is 0.295 e. The number of halogens is 4. The van der Waals surface area contributed by atoms with Gasteiger partial charge >= 0.3 is 0 Å². The van der Waals surface area contributed by atoms with Crippen LogP contribution in [-0.4, -0.2) is 33.6 Å². The van der Waals surface area contributed by atoms with Crippen LogP contribution in [-0.2, 0) is 10.5 Å². The molecular weight excluding hydrogens is 453 g/mol. The van der Waals surface area contributed by atoms with Crippen LogP contribution in [0.3, 0.4) is 0 Å². The van der Waals surface area contributed by atoms with Crippen LogP contribution in [0.4, 0.5) is 20.3 Å². The standard InChI is InChI=1S/C20H14Cl2F2N4O3/c1-31-20(30,19(23)24)9-6-12(21)16(13(22)7-9)28-17-10-2-5-26-18(29)15(10)11-8-25-4-3-14(11)27-17/h2-8,19,30H,1H3,(H,26,29)(H,27,28). The van der Waals surface area contributed by atoms with Gasteiger partial charge in [0.25, 0.3) is 17.8 Å². The van der Waals surface area contributed by atoms with Crippen LogP contribution in [0, 0.1) is 0 Å². The van der Waals surface area contributed by atoms with Gasteiger partial charge in [0.15, 0.2) is 0 Å². The number of ether oxygens (including phenoxy) is 1. The smallest absolute Gasteiger partial charge is 0.295 e. The number of rotatable bonds is 5. The number of anilines is 2. The lowest BCUT2D eigenvalue weighted by atomic mass is 10.1. The van der Waals surface area contributed by atoms with Gasteiger partial charge in [-0.05, 0) is 24.3 Å². The van der Waals surface area contributed by atoms with Crippen molar-refractivity contribution in [1.82, 2.24) is 15.0 Å². The summed E-state index contributed by atoms with van der Waals surface area (Å²) in [5, 5.41) is 14.4. The first-order chi connectivity index (χ1) is 14.8. The number of nitrogens with one attached hydrogen (secondary N) is 2. The molecule has 4 aromatic rings. The van der Waals surface area contributed by atoms with Crippen molar-refractivity contribution in [1.29, 1.82) is 0 Å². The first-order valence-corrected chi connectivity index (χ1v) is 9.59. The molecule has 0 amide bonds. The number of benzene rings is 1. The number of methoxy groups -OCH3 is 1. The fourth-order valence-corrected chi connectivity index (χ4v) is 3.83.